The second-order valence-corrected chi connectivity index (χ2v) is 9.38. The number of hydrogen-bond acceptors (Lipinski definition) is 6. The largest absolute Gasteiger partial charge is 0.508 e. The number of aromatic nitrogens is 1. The molecule has 3 aromatic rings. The number of piperidine rings is 1. The maximum absolute atomic E-state index is 12.7. The molecule has 31 heavy (non-hydrogen) atoms. The van der Waals surface area contributed by atoms with Gasteiger partial charge in [-0.05, 0) is 61.3 Å². The highest BCUT2D eigenvalue weighted by atomic mass is 32.1. The molecule has 0 atom stereocenters. The Balaban J connectivity index is 1.46. The van der Waals surface area contributed by atoms with Crippen LogP contribution in [0.1, 0.15) is 53.9 Å². The summed E-state index contributed by atoms with van der Waals surface area (Å²) < 4.78 is 0. The first-order valence-electron chi connectivity index (χ1n) is 10.4. The standard InChI is InChI=1S/C24H27N3O3S/c1-23(2,17-7-9-19(28)10-8-17)20-15-31-22(26-20)27-21(29)16-3-5-18(6-4-16)24(30)11-13-25-14-12-24/h3-10,15,25,28,30H,11-14H2,1-2H3,(H,26,27,29). The van der Waals surface area contributed by atoms with E-state index in [0.717, 1.165) is 29.9 Å². The molecular weight excluding hydrogens is 410 g/mol. The number of aliphatic hydroxyl groups is 1. The lowest BCUT2D eigenvalue weighted by molar-refractivity contribution is 0.00592. The van der Waals surface area contributed by atoms with Gasteiger partial charge >= 0.3 is 0 Å². The summed E-state index contributed by atoms with van der Waals surface area (Å²) in [7, 11) is 0. The Morgan fingerprint density at radius 1 is 1.10 bits per heavy atom. The van der Waals surface area contributed by atoms with Gasteiger partial charge in [0.05, 0.1) is 11.3 Å². The summed E-state index contributed by atoms with van der Waals surface area (Å²) in [4.78, 5) is 17.3. The SMILES string of the molecule is CC(C)(c1ccc(O)cc1)c1csc(NC(=O)c2ccc(C3(O)CCNCC3)cc2)n1. The summed E-state index contributed by atoms with van der Waals surface area (Å²) in [5.41, 5.74) is 2.05. The predicted octanol–water partition coefficient (Wildman–Crippen LogP) is 4.00. The van der Waals surface area contributed by atoms with Gasteiger partial charge in [0.2, 0.25) is 0 Å². The first kappa shape index (κ1) is 21.5. The van der Waals surface area contributed by atoms with E-state index in [9.17, 15) is 15.0 Å². The highest BCUT2D eigenvalue weighted by Gasteiger charge is 2.31. The van der Waals surface area contributed by atoms with Gasteiger partial charge in [-0.25, -0.2) is 4.98 Å². The van der Waals surface area contributed by atoms with E-state index in [1.54, 1.807) is 24.3 Å². The van der Waals surface area contributed by atoms with Crippen LogP contribution in [-0.2, 0) is 11.0 Å². The molecule has 7 heteroatoms. The Hall–Kier alpha value is -2.74. The zero-order chi connectivity index (χ0) is 22.1. The smallest absolute Gasteiger partial charge is 0.257 e. The van der Waals surface area contributed by atoms with Crippen molar-refractivity contribution in [2.24, 2.45) is 0 Å². The number of carbonyl (C=O) groups is 1. The van der Waals surface area contributed by atoms with E-state index in [1.807, 2.05) is 29.6 Å². The van der Waals surface area contributed by atoms with Crippen molar-refractivity contribution < 1.29 is 15.0 Å². The van der Waals surface area contributed by atoms with Crippen LogP contribution in [0.3, 0.4) is 0 Å². The third kappa shape index (κ3) is 4.49. The van der Waals surface area contributed by atoms with Crippen LogP contribution >= 0.6 is 11.3 Å². The predicted molar refractivity (Wildman–Crippen MR) is 123 cm³/mol. The Labute approximate surface area is 186 Å². The molecule has 0 radical (unpaired) electrons. The molecule has 1 aliphatic heterocycles. The van der Waals surface area contributed by atoms with Crippen LogP contribution in [0.25, 0.3) is 0 Å². The first-order chi connectivity index (χ1) is 14.8. The fraction of sp³-hybridized carbons (Fsp3) is 0.333. The average Bonchev–Trinajstić information content (AvgIpc) is 3.24. The molecule has 162 valence electrons. The van der Waals surface area contributed by atoms with Gasteiger partial charge in [0.25, 0.3) is 5.91 Å². The summed E-state index contributed by atoms with van der Waals surface area (Å²) >= 11 is 1.38. The molecule has 0 saturated carbocycles. The molecular formula is C24H27N3O3S. The van der Waals surface area contributed by atoms with Crippen molar-refractivity contribution in [2.45, 2.75) is 37.7 Å². The van der Waals surface area contributed by atoms with Gasteiger partial charge in [-0.15, -0.1) is 11.3 Å². The lowest BCUT2D eigenvalue weighted by Crippen LogP contribution is -2.39. The molecule has 0 spiro atoms. The van der Waals surface area contributed by atoms with Crippen molar-refractivity contribution in [2.75, 3.05) is 18.4 Å². The minimum absolute atomic E-state index is 0.226. The van der Waals surface area contributed by atoms with Crippen molar-refractivity contribution in [3.05, 3.63) is 76.3 Å². The monoisotopic (exact) mass is 437 g/mol. The number of nitrogens with zero attached hydrogens (tertiary/aromatic N) is 1. The molecule has 0 aliphatic carbocycles. The highest BCUT2D eigenvalue weighted by molar-refractivity contribution is 7.14. The fourth-order valence-electron chi connectivity index (χ4n) is 3.87. The Bertz CT molecular complexity index is 1050. The molecule has 4 N–H and O–H groups in total. The number of benzene rings is 2. The number of nitrogens with one attached hydrogen (secondary N) is 2. The maximum Gasteiger partial charge on any atom is 0.257 e. The molecule has 6 nitrogen and oxygen atoms in total. The second-order valence-electron chi connectivity index (χ2n) is 8.52. The number of aromatic hydroxyl groups is 1. The van der Waals surface area contributed by atoms with Crippen molar-refractivity contribution in [1.82, 2.24) is 10.3 Å². The maximum atomic E-state index is 12.7. The van der Waals surface area contributed by atoms with Gasteiger partial charge in [-0.3, -0.25) is 10.1 Å². The van der Waals surface area contributed by atoms with Crippen LogP contribution in [0.15, 0.2) is 53.9 Å². The fourth-order valence-corrected chi connectivity index (χ4v) is 4.75. The molecule has 1 saturated heterocycles. The van der Waals surface area contributed by atoms with Crippen molar-refractivity contribution in [3.63, 3.8) is 0 Å². The molecule has 0 unspecified atom stereocenters. The molecule has 4 rings (SSSR count). The number of phenols is 1. The van der Waals surface area contributed by atoms with Crippen molar-refractivity contribution in [1.29, 1.82) is 0 Å². The van der Waals surface area contributed by atoms with Gasteiger partial charge < -0.3 is 15.5 Å². The summed E-state index contributed by atoms with van der Waals surface area (Å²) in [5, 5.41) is 29.0. The van der Waals surface area contributed by atoms with Gasteiger partial charge in [0, 0.05) is 16.4 Å². The normalized spacial score (nSPS) is 16.1. The minimum atomic E-state index is -0.829. The number of hydrogen-bond donors (Lipinski definition) is 4. The van der Waals surface area contributed by atoms with E-state index >= 15 is 0 Å². The number of carbonyl (C=O) groups excluding carboxylic acids is 1. The van der Waals surface area contributed by atoms with Gasteiger partial charge in [-0.1, -0.05) is 38.1 Å². The summed E-state index contributed by atoms with van der Waals surface area (Å²) in [5.74, 6) is -0.00346. The average molecular weight is 438 g/mol. The molecule has 1 fully saturated rings. The molecule has 2 heterocycles. The molecule has 1 aromatic heterocycles. The van der Waals surface area contributed by atoms with Crippen LogP contribution in [-0.4, -0.2) is 34.2 Å². The van der Waals surface area contributed by atoms with Crippen LogP contribution in [0.4, 0.5) is 5.13 Å². The Morgan fingerprint density at radius 2 is 1.74 bits per heavy atom. The molecule has 1 amide bonds. The lowest BCUT2D eigenvalue weighted by Gasteiger charge is -2.33. The Kier molecular flexibility index (Phi) is 5.83. The number of amides is 1. The minimum Gasteiger partial charge on any atom is -0.508 e. The van der Waals surface area contributed by atoms with Crippen LogP contribution in [0.2, 0.25) is 0 Å². The van der Waals surface area contributed by atoms with Crippen LogP contribution in [0.5, 0.6) is 5.75 Å². The van der Waals surface area contributed by atoms with E-state index in [4.69, 9.17) is 0 Å². The zero-order valence-electron chi connectivity index (χ0n) is 17.7. The molecule has 1 aliphatic rings. The van der Waals surface area contributed by atoms with Crippen molar-refractivity contribution in [3.8, 4) is 5.75 Å². The Morgan fingerprint density at radius 3 is 2.39 bits per heavy atom. The van der Waals surface area contributed by atoms with E-state index in [1.165, 1.54) is 11.3 Å². The summed E-state index contributed by atoms with van der Waals surface area (Å²) in [6, 6.07) is 14.3. The van der Waals surface area contributed by atoms with Crippen molar-refractivity contribution >= 4 is 22.4 Å². The topological polar surface area (TPSA) is 94.5 Å². The highest BCUT2D eigenvalue weighted by Crippen LogP contribution is 2.34. The van der Waals surface area contributed by atoms with E-state index in [-0.39, 0.29) is 17.1 Å². The molecule has 0 bridgehead atoms. The second kappa shape index (κ2) is 8.42. The number of anilines is 1. The van der Waals surface area contributed by atoms with Gasteiger partial charge in [0.1, 0.15) is 5.75 Å². The lowest BCUT2D eigenvalue weighted by atomic mass is 9.82. The van der Waals surface area contributed by atoms with E-state index in [2.05, 4.69) is 29.5 Å². The number of thiazole rings is 1. The third-order valence-corrected chi connectivity index (χ3v) is 6.83. The third-order valence-electron chi connectivity index (χ3n) is 6.07. The molecule has 2 aromatic carbocycles. The summed E-state index contributed by atoms with van der Waals surface area (Å²) in [6.45, 7) is 5.69. The quantitative estimate of drug-likeness (QED) is 0.484. The summed E-state index contributed by atoms with van der Waals surface area (Å²) in [6.07, 6.45) is 1.33. The van der Waals surface area contributed by atoms with Crippen LogP contribution in [0, 0.1) is 0 Å². The van der Waals surface area contributed by atoms with E-state index < -0.39 is 5.60 Å². The van der Waals surface area contributed by atoms with Gasteiger partial charge in [-0.2, -0.15) is 0 Å². The number of phenolic OH excluding ortho intramolecular Hbond substituents is 1. The zero-order valence-corrected chi connectivity index (χ0v) is 18.5. The van der Waals surface area contributed by atoms with Crippen LogP contribution < -0.4 is 10.6 Å². The van der Waals surface area contributed by atoms with Gasteiger partial charge in [0.15, 0.2) is 5.13 Å². The number of rotatable bonds is 5. The first-order valence-corrected chi connectivity index (χ1v) is 11.3. The van der Waals surface area contributed by atoms with E-state index in [0.29, 0.717) is 23.5 Å².